The highest BCUT2D eigenvalue weighted by Crippen LogP contribution is 2.38. The Bertz CT molecular complexity index is 607. The zero-order chi connectivity index (χ0) is 13.5. The quantitative estimate of drug-likeness (QED) is 0.897. The van der Waals surface area contributed by atoms with Gasteiger partial charge in [-0.3, -0.25) is 4.68 Å². The zero-order valence-electron chi connectivity index (χ0n) is 11.3. The highest BCUT2D eigenvalue weighted by molar-refractivity contribution is 5.44. The van der Waals surface area contributed by atoms with Gasteiger partial charge in [-0.05, 0) is 36.1 Å². The molecule has 1 aromatic heterocycles. The monoisotopic (exact) mass is 258 g/mol. The number of nitrogens with zero attached hydrogens (tertiary/aromatic N) is 3. The van der Waals surface area contributed by atoms with Crippen molar-refractivity contribution in [3.8, 4) is 5.75 Å². The van der Waals surface area contributed by atoms with Crippen LogP contribution in [0.15, 0.2) is 24.5 Å². The summed E-state index contributed by atoms with van der Waals surface area (Å²) in [5.74, 6) is 1.77. The Morgan fingerprint density at radius 2 is 2.32 bits per heavy atom. The normalized spacial score (nSPS) is 21.4. The molecule has 0 spiro atoms. The molecule has 100 valence electrons. The first-order valence-corrected chi connectivity index (χ1v) is 6.41. The van der Waals surface area contributed by atoms with Gasteiger partial charge in [0.05, 0.1) is 7.11 Å². The van der Waals surface area contributed by atoms with Gasteiger partial charge in [0.25, 0.3) is 0 Å². The van der Waals surface area contributed by atoms with Crippen LogP contribution in [0.2, 0.25) is 0 Å². The number of hydrogen-bond donors (Lipinski definition) is 1. The van der Waals surface area contributed by atoms with E-state index in [0.29, 0.717) is 6.42 Å². The predicted octanol–water partition coefficient (Wildman–Crippen LogP) is 1.17. The van der Waals surface area contributed by atoms with E-state index in [2.05, 4.69) is 22.2 Å². The van der Waals surface area contributed by atoms with Crippen LogP contribution >= 0.6 is 0 Å². The van der Waals surface area contributed by atoms with Crippen LogP contribution in [0.3, 0.4) is 0 Å². The van der Waals surface area contributed by atoms with Gasteiger partial charge in [-0.2, -0.15) is 5.10 Å². The first kappa shape index (κ1) is 12.2. The lowest BCUT2D eigenvalue weighted by atomic mass is 9.89. The molecule has 5 heteroatoms. The van der Waals surface area contributed by atoms with Crippen molar-refractivity contribution in [3.05, 3.63) is 41.5 Å². The number of rotatable bonds is 3. The molecule has 1 aliphatic carbocycles. The van der Waals surface area contributed by atoms with Crippen LogP contribution in [0.4, 0.5) is 0 Å². The smallest absolute Gasteiger partial charge is 0.138 e. The molecular formula is C14H18N4O. The van der Waals surface area contributed by atoms with Gasteiger partial charge in [-0.15, -0.1) is 0 Å². The molecule has 2 N–H and O–H groups in total. The minimum Gasteiger partial charge on any atom is -0.497 e. The van der Waals surface area contributed by atoms with Crippen molar-refractivity contribution in [1.82, 2.24) is 14.8 Å². The molecule has 0 saturated carbocycles. The molecule has 0 radical (unpaired) electrons. The third kappa shape index (κ3) is 2.00. The molecule has 0 bridgehead atoms. The summed E-state index contributed by atoms with van der Waals surface area (Å²) in [4.78, 5) is 4.28. The van der Waals surface area contributed by atoms with E-state index >= 15 is 0 Å². The van der Waals surface area contributed by atoms with Gasteiger partial charge in [0.15, 0.2) is 0 Å². The standard InChI is InChI=1S/C14H18N4O/c1-18-13(16-9-17-18)8-14(15)6-5-10-3-4-11(19-2)7-12(10)14/h3-4,7,9H,5-6,8,15H2,1-2H3. The Hall–Kier alpha value is -1.88. The third-order valence-corrected chi connectivity index (χ3v) is 3.97. The number of methoxy groups -OCH3 is 1. The van der Waals surface area contributed by atoms with E-state index in [1.165, 1.54) is 11.1 Å². The fraction of sp³-hybridized carbons (Fsp3) is 0.429. The zero-order valence-corrected chi connectivity index (χ0v) is 11.3. The van der Waals surface area contributed by atoms with Crippen LogP contribution in [0.25, 0.3) is 0 Å². The molecule has 1 heterocycles. The molecule has 0 aliphatic heterocycles. The van der Waals surface area contributed by atoms with E-state index < -0.39 is 0 Å². The largest absolute Gasteiger partial charge is 0.497 e. The minimum atomic E-state index is -0.370. The van der Waals surface area contributed by atoms with Gasteiger partial charge in [0, 0.05) is 19.0 Å². The number of aromatic nitrogens is 3. The third-order valence-electron chi connectivity index (χ3n) is 3.97. The molecule has 19 heavy (non-hydrogen) atoms. The second-order valence-corrected chi connectivity index (χ2v) is 5.16. The molecule has 1 aliphatic rings. The summed E-state index contributed by atoms with van der Waals surface area (Å²) in [6.45, 7) is 0. The summed E-state index contributed by atoms with van der Waals surface area (Å²) in [5.41, 5.74) is 8.73. The molecule has 0 amide bonds. The van der Waals surface area contributed by atoms with Crippen LogP contribution in [0, 0.1) is 0 Å². The number of aryl methyl sites for hydroxylation is 2. The molecule has 1 atom stereocenters. The summed E-state index contributed by atoms with van der Waals surface area (Å²) >= 11 is 0. The maximum atomic E-state index is 6.62. The fourth-order valence-electron chi connectivity index (χ4n) is 2.80. The number of benzene rings is 1. The summed E-state index contributed by atoms with van der Waals surface area (Å²) in [6.07, 6.45) is 4.21. The lowest BCUT2D eigenvalue weighted by Gasteiger charge is -2.25. The van der Waals surface area contributed by atoms with E-state index in [4.69, 9.17) is 10.5 Å². The van der Waals surface area contributed by atoms with Crippen LogP contribution in [-0.2, 0) is 25.4 Å². The number of nitrogens with two attached hydrogens (primary N) is 1. The highest BCUT2D eigenvalue weighted by Gasteiger charge is 2.36. The topological polar surface area (TPSA) is 66.0 Å². The molecule has 1 aromatic carbocycles. The summed E-state index contributed by atoms with van der Waals surface area (Å²) in [7, 11) is 3.57. The lowest BCUT2D eigenvalue weighted by Crippen LogP contribution is -2.37. The lowest BCUT2D eigenvalue weighted by molar-refractivity contribution is 0.403. The Balaban J connectivity index is 1.97. The molecule has 3 rings (SSSR count). The summed E-state index contributed by atoms with van der Waals surface area (Å²) in [6, 6.07) is 6.16. The summed E-state index contributed by atoms with van der Waals surface area (Å²) < 4.78 is 7.09. The average molecular weight is 258 g/mol. The number of fused-ring (bicyclic) bond motifs is 1. The van der Waals surface area contributed by atoms with Gasteiger partial charge in [-0.25, -0.2) is 4.98 Å². The maximum absolute atomic E-state index is 6.62. The SMILES string of the molecule is COc1ccc2c(c1)C(N)(Cc1ncnn1C)CC2. The fourth-order valence-corrected chi connectivity index (χ4v) is 2.80. The molecule has 5 nitrogen and oxygen atoms in total. The molecule has 0 fully saturated rings. The van der Waals surface area contributed by atoms with Crippen molar-refractivity contribution < 1.29 is 4.74 Å². The van der Waals surface area contributed by atoms with Gasteiger partial charge < -0.3 is 10.5 Å². The van der Waals surface area contributed by atoms with Crippen molar-refractivity contribution in [2.45, 2.75) is 24.8 Å². The van der Waals surface area contributed by atoms with Crippen LogP contribution in [-0.4, -0.2) is 21.9 Å². The Morgan fingerprint density at radius 1 is 1.47 bits per heavy atom. The van der Waals surface area contributed by atoms with Gasteiger partial charge in [0.2, 0.25) is 0 Å². The van der Waals surface area contributed by atoms with Crippen molar-refractivity contribution in [2.24, 2.45) is 12.8 Å². The van der Waals surface area contributed by atoms with Gasteiger partial charge in [-0.1, -0.05) is 6.07 Å². The van der Waals surface area contributed by atoms with Gasteiger partial charge in [0.1, 0.15) is 17.9 Å². The number of hydrogen-bond acceptors (Lipinski definition) is 4. The first-order valence-electron chi connectivity index (χ1n) is 6.41. The number of ether oxygens (including phenoxy) is 1. The summed E-state index contributed by atoms with van der Waals surface area (Å²) in [5, 5.41) is 4.10. The van der Waals surface area contributed by atoms with E-state index in [9.17, 15) is 0 Å². The van der Waals surface area contributed by atoms with Crippen LogP contribution < -0.4 is 10.5 Å². The maximum Gasteiger partial charge on any atom is 0.138 e. The van der Waals surface area contributed by atoms with Crippen molar-refractivity contribution in [3.63, 3.8) is 0 Å². The van der Waals surface area contributed by atoms with E-state index in [1.807, 2.05) is 13.1 Å². The van der Waals surface area contributed by atoms with Crippen molar-refractivity contribution in [1.29, 1.82) is 0 Å². The minimum absolute atomic E-state index is 0.370. The van der Waals surface area contributed by atoms with Crippen LogP contribution in [0.1, 0.15) is 23.4 Å². The molecule has 2 aromatic rings. The molecular weight excluding hydrogens is 240 g/mol. The van der Waals surface area contributed by atoms with Gasteiger partial charge >= 0.3 is 0 Å². The van der Waals surface area contributed by atoms with E-state index in [1.54, 1.807) is 18.1 Å². The second kappa shape index (κ2) is 4.35. The second-order valence-electron chi connectivity index (χ2n) is 5.16. The van der Waals surface area contributed by atoms with E-state index in [-0.39, 0.29) is 5.54 Å². The first-order chi connectivity index (χ1) is 9.12. The Morgan fingerprint density at radius 3 is 3.00 bits per heavy atom. The average Bonchev–Trinajstić information content (AvgIpc) is 2.95. The van der Waals surface area contributed by atoms with Crippen molar-refractivity contribution in [2.75, 3.05) is 7.11 Å². The highest BCUT2D eigenvalue weighted by atomic mass is 16.5. The van der Waals surface area contributed by atoms with Crippen molar-refractivity contribution >= 4 is 0 Å². The Labute approximate surface area is 112 Å². The van der Waals surface area contributed by atoms with E-state index in [0.717, 1.165) is 24.4 Å². The Kier molecular flexibility index (Phi) is 2.78. The van der Waals surface area contributed by atoms with Crippen LogP contribution in [0.5, 0.6) is 5.75 Å². The molecule has 0 saturated heterocycles. The predicted molar refractivity (Wildman–Crippen MR) is 71.9 cm³/mol. The molecule has 1 unspecified atom stereocenters.